The molecule has 1 heterocycles. The molecule has 0 spiro atoms. The van der Waals surface area contributed by atoms with Crippen molar-refractivity contribution in [2.45, 2.75) is 51.1 Å². The van der Waals surface area contributed by atoms with Crippen molar-refractivity contribution in [3.8, 4) is 0 Å². The zero-order valence-corrected chi connectivity index (χ0v) is 11.4. The largest absolute Gasteiger partial charge is 0.327 e. The molecule has 106 valence electrons. The molecule has 0 aromatic heterocycles. The van der Waals surface area contributed by atoms with Crippen LogP contribution in [0, 0.1) is 5.92 Å². The van der Waals surface area contributed by atoms with Gasteiger partial charge in [-0.1, -0.05) is 12.8 Å². The third-order valence-corrected chi connectivity index (χ3v) is 4.19. The lowest BCUT2D eigenvalue weighted by molar-refractivity contribution is -0.158. The maximum Gasteiger partial charge on any atom is 0.252 e. The maximum atomic E-state index is 12.6. The van der Waals surface area contributed by atoms with E-state index in [9.17, 15) is 14.4 Å². The quantitative estimate of drug-likeness (QED) is 0.642. The molecular formula is C13H21N3O3. The van der Waals surface area contributed by atoms with Crippen LogP contribution < -0.4 is 11.1 Å². The SMILES string of the molecule is CC1(C)C(=O)NC(=O)CN1C(=O)C1CCCCC1N. The predicted octanol–water partition coefficient (Wildman–Crippen LogP) is -0.232. The second-order valence-corrected chi connectivity index (χ2v) is 5.92. The van der Waals surface area contributed by atoms with Crippen LogP contribution in [0.1, 0.15) is 39.5 Å². The van der Waals surface area contributed by atoms with Gasteiger partial charge in [0.15, 0.2) is 0 Å². The lowest BCUT2D eigenvalue weighted by Gasteiger charge is -2.43. The summed E-state index contributed by atoms with van der Waals surface area (Å²) >= 11 is 0. The minimum absolute atomic E-state index is 0.0687. The molecule has 2 fully saturated rings. The number of hydrogen-bond donors (Lipinski definition) is 2. The van der Waals surface area contributed by atoms with Crippen LogP contribution in [-0.2, 0) is 14.4 Å². The lowest BCUT2D eigenvalue weighted by Crippen LogP contribution is -2.67. The van der Waals surface area contributed by atoms with Crippen molar-refractivity contribution >= 4 is 17.7 Å². The Balaban J connectivity index is 2.20. The number of carbonyl (C=O) groups excluding carboxylic acids is 3. The minimum Gasteiger partial charge on any atom is -0.327 e. The second kappa shape index (κ2) is 4.92. The van der Waals surface area contributed by atoms with Crippen molar-refractivity contribution < 1.29 is 14.4 Å². The molecule has 6 heteroatoms. The van der Waals surface area contributed by atoms with Crippen LogP contribution >= 0.6 is 0 Å². The van der Waals surface area contributed by atoms with Gasteiger partial charge in [-0.3, -0.25) is 19.7 Å². The molecule has 19 heavy (non-hydrogen) atoms. The molecule has 2 rings (SSSR count). The van der Waals surface area contributed by atoms with Gasteiger partial charge in [-0.05, 0) is 26.7 Å². The predicted molar refractivity (Wildman–Crippen MR) is 68.9 cm³/mol. The summed E-state index contributed by atoms with van der Waals surface area (Å²) in [5.41, 5.74) is 5.01. The molecule has 1 aliphatic heterocycles. The maximum absolute atomic E-state index is 12.6. The molecule has 0 aromatic carbocycles. The molecule has 1 aliphatic carbocycles. The van der Waals surface area contributed by atoms with Crippen molar-refractivity contribution in [2.75, 3.05) is 6.54 Å². The number of piperazine rings is 1. The summed E-state index contributed by atoms with van der Waals surface area (Å²) in [7, 11) is 0. The first kappa shape index (κ1) is 14.0. The summed E-state index contributed by atoms with van der Waals surface area (Å²) in [6.07, 6.45) is 3.57. The molecule has 2 aliphatic rings. The monoisotopic (exact) mass is 267 g/mol. The van der Waals surface area contributed by atoms with Gasteiger partial charge in [0.2, 0.25) is 11.8 Å². The van der Waals surface area contributed by atoms with E-state index in [4.69, 9.17) is 5.73 Å². The first-order valence-electron chi connectivity index (χ1n) is 6.75. The third-order valence-electron chi connectivity index (χ3n) is 4.19. The van der Waals surface area contributed by atoms with Crippen molar-refractivity contribution in [3.05, 3.63) is 0 Å². The Labute approximate surface area is 112 Å². The Kier molecular flexibility index (Phi) is 3.62. The van der Waals surface area contributed by atoms with Crippen LogP contribution in [0.25, 0.3) is 0 Å². The number of imide groups is 1. The van der Waals surface area contributed by atoms with Gasteiger partial charge in [0.1, 0.15) is 12.1 Å². The van der Waals surface area contributed by atoms with Crippen molar-refractivity contribution in [3.63, 3.8) is 0 Å². The van der Waals surface area contributed by atoms with Crippen LogP contribution in [0.5, 0.6) is 0 Å². The van der Waals surface area contributed by atoms with Gasteiger partial charge in [0.05, 0.1) is 5.92 Å². The topological polar surface area (TPSA) is 92.5 Å². The Morgan fingerprint density at radius 3 is 2.58 bits per heavy atom. The number of amides is 3. The number of nitrogens with zero attached hydrogens (tertiary/aromatic N) is 1. The molecule has 0 aromatic rings. The van der Waals surface area contributed by atoms with Gasteiger partial charge in [-0.15, -0.1) is 0 Å². The average Bonchev–Trinajstić information content (AvgIpc) is 2.34. The van der Waals surface area contributed by atoms with E-state index < -0.39 is 17.4 Å². The van der Waals surface area contributed by atoms with Gasteiger partial charge in [0, 0.05) is 6.04 Å². The molecule has 0 radical (unpaired) electrons. The highest BCUT2D eigenvalue weighted by Crippen LogP contribution is 2.28. The Morgan fingerprint density at radius 1 is 1.32 bits per heavy atom. The molecule has 3 amide bonds. The Morgan fingerprint density at radius 2 is 1.95 bits per heavy atom. The molecule has 6 nitrogen and oxygen atoms in total. The molecule has 0 bridgehead atoms. The van der Waals surface area contributed by atoms with E-state index in [1.807, 2.05) is 0 Å². The van der Waals surface area contributed by atoms with Crippen LogP contribution in [-0.4, -0.2) is 40.7 Å². The smallest absolute Gasteiger partial charge is 0.252 e. The number of nitrogens with two attached hydrogens (primary N) is 1. The van der Waals surface area contributed by atoms with Gasteiger partial charge < -0.3 is 10.6 Å². The van der Waals surface area contributed by atoms with Gasteiger partial charge >= 0.3 is 0 Å². The average molecular weight is 267 g/mol. The Hall–Kier alpha value is -1.43. The zero-order valence-electron chi connectivity index (χ0n) is 11.4. The third kappa shape index (κ3) is 2.49. The molecule has 1 saturated carbocycles. The van der Waals surface area contributed by atoms with Crippen molar-refractivity contribution in [1.82, 2.24) is 10.2 Å². The molecule has 2 atom stereocenters. The van der Waals surface area contributed by atoms with E-state index in [-0.39, 0.29) is 24.4 Å². The Bertz CT molecular complexity index is 419. The summed E-state index contributed by atoms with van der Waals surface area (Å²) in [5.74, 6) is -1.30. The number of nitrogens with one attached hydrogen (secondary N) is 1. The van der Waals surface area contributed by atoms with E-state index in [0.29, 0.717) is 0 Å². The van der Waals surface area contributed by atoms with E-state index >= 15 is 0 Å². The van der Waals surface area contributed by atoms with E-state index in [0.717, 1.165) is 25.7 Å². The lowest BCUT2D eigenvalue weighted by atomic mass is 9.83. The van der Waals surface area contributed by atoms with Gasteiger partial charge in [0.25, 0.3) is 5.91 Å². The van der Waals surface area contributed by atoms with E-state index in [1.165, 1.54) is 4.90 Å². The van der Waals surface area contributed by atoms with Crippen LogP contribution in [0.4, 0.5) is 0 Å². The fourth-order valence-corrected chi connectivity index (χ4v) is 2.80. The summed E-state index contributed by atoms with van der Waals surface area (Å²) < 4.78 is 0. The first-order valence-corrected chi connectivity index (χ1v) is 6.75. The van der Waals surface area contributed by atoms with E-state index in [2.05, 4.69) is 5.32 Å². The van der Waals surface area contributed by atoms with Gasteiger partial charge in [-0.2, -0.15) is 0 Å². The highest BCUT2D eigenvalue weighted by atomic mass is 16.2. The second-order valence-electron chi connectivity index (χ2n) is 5.92. The molecule has 2 unspecified atom stereocenters. The molecule has 1 saturated heterocycles. The normalized spacial score (nSPS) is 31.0. The van der Waals surface area contributed by atoms with Crippen molar-refractivity contribution in [2.24, 2.45) is 11.7 Å². The highest BCUT2D eigenvalue weighted by molar-refractivity contribution is 6.06. The summed E-state index contributed by atoms with van der Waals surface area (Å²) in [6, 6.07) is -0.169. The van der Waals surface area contributed by atoms with Gasteiger partial charge in [-0.25, -0.2) is 0 Å². The molecule has 3 N–H and O–H groups in total. The zero-order chi connectivity index (χ0) is 14.2. The first-order chi connectivity index (χ1) is 8.84. The summed E-state index contributed by atoms with van der Waals surface area (Å²) in [4.78, 5) is 37.3. The minimum atomic E-state index is -0.998. The van der Waals surface area contributed by atoms with Crippen LogP contribution in [0.2, 0.25) is 0 Å². The number of hydrogen-bond acceptors (Lipinski definition) is 4. The summed E-state index contributed by atoms with van der Waals surface area (Å²) in [6.45, 7) is 3.24. The number of carbonyl (C=O) groups is 3. The highest BCUT2D eigenvalue weighted by Gasteiger charge is 2.46. The summed E-state index contributed by atoms with van der Waals surface area (Å²) in [5, 5.41) is 2.27. The van der Waals surface area contributed by atoms with Crippen molar-refractivity contribution in [1.29, 1.82) is 0 Å². The number of rotatable bonds is 1. The van der Waals surface area contributed by atoms with E-state index in [1.54, 1.807) is 13.8 Å². The fraction of sp³-hybridized carbons (Fsp3) is 0.769. The fourth-order valence-electron chi connectivity index (χ4n) is 2.80. The standard InChI is InChI=1S/C13H21N3O3/c1-13(2)12(19)15-10(17)7-16(13)11(18)8-5-3-4-6-9(8)14/h8-9H,3-7,14H2,1-2H3,(H,15,17,19). The van der Waals surface area contributed by atoms with Crippen LogP contribution in [0.15, 0.2) is 0 Å². The molecular weight excluding hydrogens is 246 g/mol. The van der Waals surface area contributed by atoms with Crippen LogP contribution in [0.3, 0.4) is 0 Å².